The number of rotatable bonds is 0. The van der Waals surface area contributed by atoms with Crippen molar-refractivity contribution in [1.29, 1.82) is 0 Å². The average molecular weight is 198 g/mol. The second kappa shape index (κ2) is 3.46. The summed E-state index contributed by atoms with van der Waals surface area (Å²) in [7, 11) is 0. The molecule has 2 atom stereocenters. The molecule has 1 aliphatic heterocycles. The van der Waals surface area contributed by atoms with E-state index in [9.17, 15) is 8.78 Å². The third-order valence-electron chi connectivity index (χ3n) is 2.98. The lowest BCUT2D eigenvalue weighted by Crippen LogP contribution is -2.53. The highest BCUT2D eigenvalue weighted by molar-refractivity contribution is 5.85. The van der Waals surface area contributed by atoms with Gasteiger partial charge in [-0.25, -0.2) is 8.78 Å². The van der Waals surface area contributed by atoms with Gasteiger partial charge in [0.05, 0.1) is 0 Å². The number of fused-ring (bicyclic) bond motifs is 2. The van der Waals surface area contributed by atoms with Crippen LogP contribution in [0, 0.1) is 11.8 Å². The van der Waals surface area contributed by atoms with Gasteiger partial charge in [-0.2, -0.15) is 0 Å². The molecule has 72 valence electrons. The quantitative estimate of drug-likeness (QED) is 0.627. The Bertz CT molecular complexity index is 139. The van der Waals surface area contributed by atoms with E-state index >= 15 is 0 Å². The molecule has 2 unspecified atom stereocenters. The van der Waals surface area contributed by atoms with Crippen LogP contribution in [-0.2, 0) is 0 Å². The highest BCUT2D eigenvalue weighted by Gasteiger charge is 2.50. The molecule has 1 N–H and O–H groups in total. The summed E-state index contributed by atoms with van der Waals surface area (Å²) in [4.78, 5) is 0. The Morgan fingerprint density at radius 1 is 1.08 bits per heavy atom. The SMILES string of the molecule is Cl.FC1(F)C2CCCC1CNC2. The summed E-state index contributed by atoms with van der Waals surface area (Å²) in [5.41, 5.74) is 0. The van der Waals surface area contributed by atoms with E-state index in [1.54, 1.807) is 0 Å². The first-order valence-corrected chi connectivity index (χ1v) is 4.30. The maximum atomic E-state index is 13.3. The van der Waals surface area contributed by atoms with Crippen molar-refractivity contribution in [1.82, 2.24) is 5.32 Å². The van der Waals surface area contributed by atoms with Gasteiger partial charge in [0.25, 0.3) is 5.92 Å². The van der Waals surface area contributed by atoms with Crippen LogP contribution in [0.2, 0.25) is 0 Å². The van der Waals surface area contributed by atoms with E-state index in [-0.39, 0.29) is 24.2 Å². The van der Waals surface area contributed by atoms with Gasteiger partial charge in [0, 0.05) is 24.9 Å². The predicted octanol–water partition coefficient (Wildman–Crippen LogP) is 2.06. The molecule has 2 bridgehead atoms. The first-order chi connectivity index (χ1) is 5.21. The minimum absolute atomic E-state index is 0. The molecule has 2 rings (SSSR count). The second-order valence-corrected chi connectivity index (χ2v) is 3.66. The largest absolute Gasteiger partial charge is 0.316 e. The molecule has 1 nitrogen and oxygen atoms in total. The van der Waals surface area contributed by atoms with Crippen LogP contribution in [-0.4, -0.2) is 19.0 Å². The number of hydrogen-bond acceptors (Lipinski definition) is 1. The maximum absolute atomic E-state index is 13.3. The van der Waals surface area contributed by atoms with Crippen molar-refractivity contribution in [3.05, 3.63) is 0 Å². The van der Waals surface area contributed by atoms with Crippen LogP contribution in [0.5, 0.6) is 0 Å². The summed E-state index contributed by atoms with van der Waals surface area (Å²) >= 11 is 0. The number of hydrogen-bond donors (Lipinski definition) is 1. The van der Waals surface area contributed by atoms with Gasteiger partial charge in [-0.05, 0) is 12.8 Å². The first-order valence-electron chi connectivity index (χ1n) is 4.30. The summed E-state index contributed by atoms with van der Waals surface area (Å²) in [6.45, 7) is 1.03. The minimum Gasteiger partial charge on any atom is -0.316 e. The van der Waals surface area contributed by atoms with E-state index in [0.29, 0.717) is 25.9 Å². The first kappa shape index (κ1) is 10.2. The molecule has 1 saturated carbocycles. The normalized spacial score (nSPS) is 38.5. The number of alkyl halides is 2. The van der Waals surface area contributed by atoms with E-state index in [4.69, 9.17) is 0 Å². The molecular formula is C8H14ClF2N. The fraction of sp³-hybridized carbons (Fsp3) is 1.00. The molecule has 0 aromatic rings. The Morgan fingerprint density at radius 2 is 1.58 bits per heavy atom. The summed E-state index contributed by atoms with van der Waals surface area (Å²) in [5.74, 6) is -3.13. The molecule has 1 heterocycles. The predicted molar refractivity (Wildman–Crippen MR) is 45.9 cm³/mol. The van der Waals surface area contributed by atoms with E-state index < -0.39 is 5.92 Å². The van der Waals surface area contributed by atoms with Crippen molar-refractivity contribution in [2.45, 2.75) is 25.2 Å². The van der Waals surface area contributed by atoms with Crippen LogP contribution in [0.1, 0.15) is 19.3 Å². The lowest BCUT2D eigenvalue weighted by Gasteiger charge is -2.42. The topological polar surface area (TPSA) is 12.0 Å². The lowest BCUT2D eigenvalue weighted by molar-refractivity contribution is -0.144. The number of nitrogens with one attached hydrogen (secondary N) is 1. The third-order valence-corrected chi connectivity index (χ3v) is 2.98. The fourth-order valence-corrected chi connectivity index (χ4v) is 2.24. The van der Waals surface area contributed by atoms with Gasteiger partial charge in [-0.3, -0.25) is 0 Å². The molecule has 0 aromatic heterocycles. The Labute approximate surface area is 77.3 Å². The molecule has 1 saturated heterocycles. The molecule has 4 heteroatoms. The lowest BCUT2D eigenvalue weighted by atomic mass is 9.75. The number of piperidine rings is 1. The Hall–Kier alpha value is 0.110. The van der Waals surface area contributed by atoms with E-state index in [0.717, 1.165) is 6.42 Å². The smallest absolute Gasteiger partial charge is 0.256 e. The van der Waals surface area contributed by atoms with Gasteiger partial charge in [0.1, 0.15) is 0 Å². The zero-order valence-corrected chi connectivity index (χ0v) is 7.67. The van der Waals surface area contributed by atoms with Crippen molar-refractivity contribution in [2.75, 3.05) is 13.1 Å². The van der Waals surface area contributed by atoms with Gasteiger partial charge in [0.15, 0.2) is 0 Å². The van der Waals surface area contributed by atoms with Crippen LogP contribution >= 0.6 is 12.4 Å². The maximum Gasteiger partial charge on any atom is 0.256 e. The Balaban J connectivity index is 0.000000720. The van der Waals surface area contributed by atoms with Crippen molar-refractivity contribution in [3.63, 3.8) is 0 Å². The molecule has 2 fully saturated rings. The number of halogens is 3. The molecule has 12 heavy (non-hydrogen) atoms. The second-order valence-electron chi connectivity index (χ2n) is 3.66. The molecule has 0 radical (unpaired) electrons. The van der Waals surface area contributed by atoms with E-state index in [1.165, 1.54) is 0 Å². The highest BCUT2D eigenvalue weighted by Crippen LogP contribution is 2.44. The van der Waals surface area contributed by atoms with Crippen molar-refractivity contribution >= 4 is 12.4 Å². The highest BCUT2D eigenvalue weighted by atomic mass is 35.5. The third kappa shape index (κ3) is 1.44. The van der Waals surface area contributed by atoms with Crippen LogP contribution in [0.4, 0.5) is 8.78 Å². The van der Waals surface area contributed by atoms with Gasteiger partial charge < -0.3 is 5.32 Å². The molecule has 0 spiro atoms. The van der Waals surface area contributed by atoms with Crippen molar-refractivity contribution in [3.8, 4) is 0 Å². The molecule has 1 aliphatic carbocycles. The molecule has 2 aliphatic rings. The molecule has 0 amide bonds. The van der Waals surface area contributed by atoms with E-state index in [2.05, 4.69) is 5.32 Å². The zero-order valence-electron chi connectivity index (χ0n) is 6.85. The van der Waals surface area contributed by atoms with Crippen LogP contribution in [0.25, 0.3) is 0 Å². The van der Waals surface area contributed by atoms with Gasteiger partial charge >= 0.3 is 0 Å². The molecular weight excluding hydrogens is 184 g/mol. The summed E-state index contributed by atoms with van der Waals surface area (Å²) in [5, 5.41) is 3.06. The van der Waals surface area contributed by atoms with Gasteiger partial charge in [-0.15, -0.1) is 12.4 Å². The monoisotopic (exact) mass is 197 g/mol. The molecule has 0 aromatic carbocycles. The summed E-state index contributed by atoms with van der Waals surface area (Å²) in [6, 6.07) is 0. The standard InChI is InChI=1S/C8H13F2N.ClH/c9-8(10)6-2-1-3-7(8)5-11-4-6;/h6-7,11H,1-5H2;1H. The van der Waals surface area contributed by atoms with Crippen LogP contribution in [0.15, 0.2) is 0 Å². The van der Waals surface area contributed by atoms with Crippen molar-refractivity contribution in [2.24, 2.45) is 11.8 Å². The Kier molecular flexibility index (Phi) is 2.94. The fourth-order valence-electron chi connectivity index (χ4n) is 2.24. The zero-order chi connectivity index (χ0) is 7.90. The van der Waals surface area contributed by atoms with Gasteiger partial charge in [-0.1, -0.05) is 6.42 Å². The minimum atomic E-state index is -2.37. The van der Waals surface area contributed by atoms with Crippen molar-refractivity contribution < 1.29 is 8.78 Å². The average Bonchev–Trinajstić information content (AvgIpc) is 1.82. The summed E-state index contributed by atoms with van der Waals surface area (Å²) < 4.78 is 26.5. The summed E-state index contributed by atoms with van der Waals surface area (Å²) in [6.07, 6.45) is 2.40. The Morgan fingerprint density at radius 3 is 2.00 bits per heavy atom. The van der Waals surface area contributed by atoms with Crippen LogP contribution < -0.4 is 5.32 Å². The van der Waals surface area contributed by atoms with Gasteiger partial charge in [0.2, 0.25) is 0 Å². The van der Waals surface area contributed by atoms with Crippen LogP contribution in [0.3, 0.4) is 0 Å². The van der Waals surface area contributed by atoms with E-state index in [1.807, 2.05) is 0 Å².